The number of benzene rings is 3. The summed E-state index contributed by atoms with van der Waals surface area (Å²) in [5, 5.41) is 13.0. The maximum Gasteiger partial charge on any atom is 0.266 e. The number of halogens is 1. The zero-order valence-electron chi connectivity index (χ0n) is 19.5. The summed E-state index contributed by atoms with van der Waals surface area (Å²) >= 11 is 6.21. The number of nitriles is 1. The number of anilines is 1. The Bertz CT molecular complexity index is 1410. The number of carbonyl (C=O) groups is 1. The van der Waals surface area contributed by atoms with Crippen molar-refractivity contribution in [2.75, 3.05) is 5.32 Å². The van der Waals surface area contributed by atoms with Gasteiger partial charge in [0.05, 0.1) is 0 Å². The maximum absolute atomic E-state index is 12.6. The second-order valence-corrected chi connectivity index (χ2v) is 8.43. The van der Waals surface area contributed by atoms with E-state index in [9.17, 15) is 10.1 Å². The lowest BCUT2D eigenvalue weighted by molar-refractivity contribution is -0.112. The Morgan fingerprint density at radius 3 is 2.40 bits per heavy atom. The van der Waals surface area contributed by atoms with Gasteiger partial charge in [0.1, 0.15) is 24.0 Å². The van der Waals surface area contributed by atoms with Crippen molar-refractivity contribution in [2.45, 2.75) is 20.5 Å². The van der Waals surface area contributed by atoms with Crippen LogP contribution in [-0.4, -0.2) is 10.5 Å². The molecule has 0 atom stereocenters. The molecule has 1 N–H and O–H groups in total. The standard InChI is InChI=1S/C29H24ClN3O2/c1-20-16-23(17-24(18-31)29(34)32-25-9-4-3-5-10-25)21(2)33(20)26-12-14-27(15-13-26)35-19-22-8-6-7-11-28(22)30/h3-17H,19H2,1-2H3,(H,32,34)/b24-17-. The van der Waals surface area contributed by atoms with Crippen LogP contribution in [0, 0.1) is 25.2 Å². The van der Waals surface area contributed by atoms with Crippen LogP contribution in [0.1, 0.15) is 22.5 Å². The lowest BCUT2D eigenvalue weighted by Crippen LogP contribution is -2.13. The summed E-state index contributed by atoms with van der Waals surface area (Å²) in [6, 6.07) is 28.4. The van der Waals surface area contributed by atoms with Crippen LogP contribution in [0.4, 0.5) is 5.69 Å². The highest BCUT2D eigenvalue weighted by Gasteiger charge is 2.14. The van der Waals surface area contributed by atoms with Crippen molar-refractivity contribution < 1.29 is 9.53 Å². The molecule has 0 saturated heterocycles. The third-order valence-corrected chi connectivity index (χ3v) is 5.98. The molecule has 35 heavy (non-hydrogen) atoms. The Morgan fingerprint density at radius 1 is 1.03 bits per heavy atom. The predicted molar refractivity (Wildman–Crippen MR) is 140 cm³/mol. The van der Waals surface area contributed by atoms with Gasteiger partial charge < -0.3 is 14.6 Å². The van der Waals surface area contributed by atoms with Gasteiger partial charge >= 0.3 is 0 Å². The molecule has 0 aliphatic heterocycles. The number of carbonyl (C=O) groups excluding carboxylic acids is 1. The Kier molecular flexibility index (Phi) is 7.35. The molecule has 4 rings (SSSR count). The molecule has 0 aliphatic carbocycles. The average Bonchev–Trinajstić information content (AvgIpc) is 3.15. The SMILES string of the molecule is Cc1cc(/C=C(/C#N)C(=O)Nc2ccccc2)c(C)n1-c1ccc(OCc2ccccc2Cl)cc1. The summed E-state index contributed by atoms with van der Waals surface area (Å²) in [6.07, 6.45) is 1.62. The predicted octanol–water partition coefficient (Wildman–Crippen LogP) is 6.87. The van der Waals surface area contributed by atoms with E-state index in [4.69, 9.17) is 16.3 Å². The number of amides is 1. The molecule has 0 fully saturated rings. The first-order chi connectivity index (χ1) is 17.0. The molecule has 1 aromatic heterocycles. The molecule has 6 heteroatoms. The number of ether oxygens (including phenoxy) is 1. The minimum Gasteiger partial charge on any atom is -0.489 e. The number of aryl methyl sites for hydroxylation is 1. The normalized spacial score (nSPS) is 11.1. The molecule has 4 aromatic rings. The number of aromatic nitrogens is 1. The van der Waals surface area contributed by atoms with Crippen LogP contribution in [0.3, 0.4) is 0 Å². The Hall–Kier alpha value is -4.27. The van der Waals surface area contributed by atoms with Crippen LogP contribution in [0.25, 0.3) is 11.8 Å². The van der Waals surface area contributed by atoms with Gasteiger partial charge in [-0.2, -0.15) is 5.26 Å². The molecule has 0 saturated carbocycles. The Balaban J connectivity index is 1.52. The highest BCUT2D eigenvalue weighted by atomic mass is 35.5. The van der Waals surface area contributed by atoms with Gasteiger partial charge in [0.15, 0.2) is 0 Å². The number of hydrogen-bond donors (Lipinski definition) is 1. The molecule has 1 heterocycles. The highest BCUT2D eigenvalue weighted by Crippen LogP contribution is 2.25. The molecule has 3 aromatic carbocycles. The van der Waals surface area contributed by atoms with Crippen LogP contribution >= 0.6 is 11.6 Å². The van der Waals surface area contributed by atoms with E-state index in [0.717, 1.165) is 34.0 Å². The lowest BCUT2D eigenvalue weighted by Gasteiger charge is -2.12. The minimum absolute atomic E-state index is 0.0393. The van der Waals surface area contributed by atoms with Gasteiger partial charge in [-0.1, -0.05) is 48.0 Å². The van der Waals surface area contributed by atoms with Crippen LogP contribution < -0.4 is 10.1 Å². The number of para-hydroxylation sites is 1. The second-order valence-electron chi connectivity index (χ2n) is 8.03. The molecule has 0 unspecified atom stereocenters. The highest BCUT2D eigenvalue weighted by molar-refractivity contribution is 6.31. The fraction of sp³-hybridized carbons (Fsp3) is 0.103. The van der Waals surface area contributed by atoms with Crippen molar-refractivity contribution in [1.82, 2.24) is 4.57 Å². The summed E-state index contributed by atoms with van der Waals surface area (Å²) in [5.41, 5.74) is 5.28. The van der Waals surface area contributed by atoms with Crippen molar-refractivity contribution in [3.63, 3.8) is 0 Å². The summed E-state index contributed by atoms with van der Waals surface area (Å²) < 4.78 is 7.97. The number of nitrogens with one attached hydrogen (secondary N) is 1. The molecule has 174 valence electrons. The second kappa shape index (κ2) is 10.8. The number of hydrogen-bond acceptors (Lipinski definition) is 3. The van der Waals surface area contributed by atoms with E-state index < -0.39 is 5.91 Å². The van der Waals surface area contributed by atoms with Gasteiger partial charge in [-0.3, -0.25) is 4.79 Å². The van der Waals surface area contributed by atoms with Gasteiger partial charge in [0.2, 0.25) is 0 Å². The van der Waals surface area contributed by atoms with Crippen molar-refractivity contribution >= 4 is 29.3 Å². The van der Waals surface area contributed by atoms with E-state index in [1.807, 2.05) is 92.7 Å². The van der Waals surface area contributed by atoms with Crippen molar-refractivity contribution in [2.24, 2.45) is 0 Å². The van der Waals surface area contributed by atoms with Crippen LogP contribution in [0.15, 0.2) is 90.5 Å². The largest absolute Gasteiger partial charge is 0.489 e. The van der Waals surface area contributed by atoms with Crippen molar-refractivity contribution in [1.29, 1.82) is 5.26 Å². The van der Waals surface area contributed by atoms with E-state index in [0.29, 0.717) is 17.3 Å². The van der Waals surface area contributed by atoms with Crippen LogP contribution in [0.2, 0.25) is 5.02 Å². The topological polar surface area (TPSA) is 67.0 Å². The van der Waals surface area contributed by atoms with Gasteiger partial charge in [-0.15, -0.1) is 0 Å². The summed E-state index contributed by atoms with van der Waals surface area (Å²) in [6.45, 7) is 4.34. The van der Waals surface area contributed by atoms with Gasteiger partial charge in [-0.25, -0.2) is 0 Å². The Morgan fingerprint density at radius 2 is 1.71 bits per heavy atom. The zero-order valence-corrected chi connectivity index (χ0v) is 20.2. The summed E-state index contributed by atoms with van der Waals surface area (Å²) in [4.78, 5) is 12.6. The van der Waals surface area contributed by atoms with Crippen LogP contribution in [-0.2, 0) is 11.4 Å². The zero-order chi connectivity index (χ0) is 24.8. The molecule has 0 spiro atoms. The smallest absolute Gasteiger partial charge is 0.266 e. The molecule has 5 nitrogen and oxygen atoms in total. The Labute approximate surface area is 209 Å². The first-order valence-corrected chi connectivity index (χ1v) is 11.5. The van der Waals surface area contributed by atoms with Crippen molar-refractivity contribution in [3.05, 3.63) is 118 Å². The fourth-order valence-electron chi connectivity index (χ4n) is 3.82. The molecule has 1 amide bonds. The summed E-state index contributed by atoms with van der Waals surface area (Å²) in [7, 11) is 0. The first kappa shape index (κ1) is 23.9. The van der Waals surface area contributed by atoms with E-state index >= 15 is 0 Å². The van der Waals surface area contributed by atoms with Crippen molar-refractivity contribution in [3.8, 4) is 17.5 Å². The van der Waals surface area contributed by atoms with E-state index in [1.165, 1.54) is 0 Å². The molecule has 0 aliphatic rings. The molecular weight excluding hydrogens is 458 g/mol. The monoisotopic (exact) mass is 481 g/mol. The van der Waals surface area contributed by atoms with Gasteiger partial charge in [0.25, 0.3) is 5.91 Å². The number of rotatable bonds is 7. The minimum atomic E-state index is -0.441. The quantitative estimate of drug-likeness (QED) is 0.231. The third kappa shape index (κ3) is 5.63. The van der Waals surface area contributed by atoms with E-state index in [2.05, 4.69) is 9.88 Å². The lowest BCUT2D eigenvalue weighted by atomic mass is 10.1. The van der Waals surface area contributed by atoms with E-state index in [1.54, 1.807) is 18.2 Å². The third-order valence-electron chi connectivity index (χ3n) is 5.61. The molecule has 0 radical (unpaired) electrons. The maximum atomic E-state index is 12.6. The van der Waals surface area contributed by atoms with Crippen LogP contribution in [0.5, 0.6) is 5.75 Å². The summed E-state index contributed by atoms with van der Waals surface area (Å²) in [5.74, 6) is 0.295. The fourth-order valence-corrected chi connectivity index (χ4v) is 4.01. The van der Waals surface area contributed by atoms with Gasteiger partial charge in [0, 0.05) is 33.3 Å². The van der Waals surface area contributed by atoms with Gasteiger partial charge in [-0.05, 0) is 74.0 Å². The average molecular weight is 482 g/mol. The first-order valence-electron chi connectivity index (χ1n) is 11.1. The molecule has 0 bridgehead atoms. The molecular formula is C29H24ClN3O2. The number of nitrogens with zero attached hydrogens (tertiary/aromatic N) is 2. The van der Waals surface area contributed by atoms with E-state index in [-0.39, 0.29) is 5.57 Å².